The van der Waals surface area contributed by atoms with Crippen molar-refractivity contribution in [3.63, 3.8) is 0 Å². The van der Waals surface area contributed by atoms with Crippen LogP contribution >= 0.6 is 11.8 Å². The third kappa shape index (κ3) is 3.87. The molecule has 0 saturated heterocycles. The van der Waals surface area contributed by atoms with E-state index in [-0.39, 0.29) is 5.25 Å². The van der Waals surface area contributed by atoms with Crippen LogP contribution in [0.15, 0.2) is 0 Å². The number of thioether (sulfide) groups is 1. The molecule has 0 aromatic rings. The van der Waals surface area contributed by atoms with E-state index in [2.05, 4.69) is 5.84 Å². The molecule has 0 aromatic heterocycles. The van der Waals surface area contributed by atoms with Crippen LogP contribution in [0.1, 0.15) is 13.8 Å². The Bertz CT molecular complexity index is 164. The second-order valence-electron chi connectivity index (χ2n) is 2.54. The average Bonchev–Trinajstić information content (AvgIpc) is 1.99. The van der Waals surface area contributed by atoms with E-state index in [1.54, 1.807) is 13.8 Å². The van der Waals surface area contributed by atoms with Gasteiger partial charge in [-0.2, -0.15) is 20.5 Å². The van der Waals surface area contributed by atoms with Gasteiger partial charge in [0.15, 0.2) is 0 Å². The van der Waals surface area contributed by atoms with Crippen molar-refractivity contribution in [3.05, 3.63) is 0 Å². The van der Waals surface area contributed by atoms with Crippen molar-refractivity contribution in [1.82, 2.24) is 5.43 Å². The number of hydrogen-bond donors (Lipinski definition) is 2. The molecule has 0 heterocycles. The summed E-state index contributed by atoms with van der Waals surface area (Å²) in [6.07, 6.45) is 0. The Hall–Kier alpha value is -0.360. The highest BCUT2D eigenvalue weighted by atomic mass is 32.2. The van der Waals surface area contributed by atoms with Crippen LogP contribution in [-0.2, 0) is 4.79 Å². The maximum absolute atomic E-state index is 12.7. The maximum Gasteiger partial charge on any atom is 0.334 e. The minimum atomic E-state index is -3.37. The van der Waals surface area contributed by atoms with Gasteiger partial charge in [-0.3, -0.25) is 10.2 Å². The molecule has 0 fully saturated rings. The van der Waals surface area contributed by atoms with Gasteiger partial charge in [-0.1, -0.05) is 13.8 Å². The van der Waals surface area contributed by atoms with Crippen molar-refractivity contribution >= 4 is 17.7 Å². The number of carbonyl (C=O) groups excluding carboxylic acids is 1. The molecule has 0 radical (unpaired) electrons. The number of alkyl halides is 2. The van der Waals surface area contributed by atoms with Crippen LogP contribution in [0, 0.1) is 0 Å². The third-order valence-electron chi connectivity index (χ3n) is 1.06. The molecule has 1 amide bonds. The zero-order valence-corrected chi connectivity index (χ0v) is 7.75. The van der Waals surface area contributed by atoms with E-state index in [0.717, 1.165) is 11.8 Å². The van der Waals surface area contributed by atoms with Crippen LogP contribution in [0.4, 0.5) is 8.78 Å². The summed E-state index contributed by atoms with van der Waals surface area (Å²) in [6, 6.07) is 0. The van der Waals surface area contributed by atoms with Crippen molar-refractivity contribution in [3.8, 4) is 0 Å². The average molecular weight is 198 g/mol. The van der Waals surface area contributed by atoms with Crippen molar-refractivity contribution in [2.24, 2.45) is 5.84 Å². The van der Waals surface area contributed by atoms with E-state index in [1.165, 1.54) is 5.43 Å². The normalized spacial score (nSPS) is 11.8. The molecule has 0 saturated carbocycles. The first kappa shape index (κ1) is 11.6. The first-order valence-electron chi connectivity index (χ1n) is 3.40. The van der Waals surface area contributed by atoms with Gasteiger partial charge in [0, 0.05) is 0 Å². The van der Waals surface area contributed by atoms with Crippen LogP contribution in [-0.4, -0.2) is 22.8 Å². The highest BCUT2D eigenvalue weighted by Crippen LogP contribution is 2.22. The molecule has 0 rings (SSSR count). The number of halogens is 2. The van der Waals surface area contributed by atoms with E-state index in [0.29, 0.717) is 0 Å². The lowest BCUT2D eigenvalue weighted by Crippen LogP contribution is -2.45. The molecule has 0 aromatic carbocycles. The monoisotopic (exact) mass is 198 g/mol. The van der Waals surface area contributed by atoms with Gasteiger partial charge in [0.2, 0.25) is 0 Å². The van der Waals surface area contributed by atoms with E-state index >= 15 is 0 Å². The van der Waals surface area contributed by atoms with E-state index in [4.69, 9.17) is 0 Å². The molecule has 0 aliphatic carbocycles. The summed E-state index contributed by atoms with van der Waals surface area (Å²) >= 11 is 1.02. The second-order valence-corrected chi connectivity index (χ2v) is 4.10. The fourth-order valence-corrected chi connectivity index (χ4v) is 1.12. The highest BCUT2D eigenvalue weighted by molar-refractivity contribution is 7.99. The molecule has 6 heteroatoms. The van der Waals surface area contributed by atoms with Gasteiger partial charge in [-0.05, 0) is 5.25 Å². The Morgan fingerprint density at radius 3 is 2.50 bits per heavy atom. The van der Waals surface area contributed by atoms with Gasteiger partial charge >= 0.3 is 11.8 Å². The summed E-state index contributed by atoms with van der Waals surface area (Å²) in [5.41, 5.74) is 1.43. The topological polar surface area (TPSA) is 55.1 Å². The van der Waals surface area contributed by atoms with Crippen molar-refractivity contribution in [1.29, 1.82) is 0 Å². The molecule has 12 heavy (non-hydrogen) atoms. The van der Waals surface area contributed by atoms with Crippen molar-refractivity contribution < 1.29 is 13.6 Å². The first-order chi connectivity index (χ1) is 5.40. The Morgan fingerprint density at radius 1 is 1.67 bits per heavy atom. The summed E-state index contributed by atoms with van der Waals surface area (Å²) in [5, 5.41) is 0.0708. The molecule has 0 spiro atoms. The lowest BCUT2D eigenvalue weighted by Gasteiger charge is -2.14. The van der Waals surface area contributed by atoms with E-state index in [9.17, 15) is 13.6 Å². The molecule has 0 aliphatic heterocycles. The number of nitrogens with one attached hydrogen (secondary N) is 1. The second kappa shape index (κ2) is 4.61. The van der Waals surface area contributed by atoms with Crippen LogP contribution in [0.3, 0.4) is 0 Å². The molecular formula is C6H12F2N2OS. The van der Waals surface area contributed by atoms with E-state index in [1.807, 2.05) is 0 Å². The largest absolute Gasteiger partial charge is 0.334 e. The minimum Gasteiger partial charge on any atom is -0.289 e. The molecule has 3 N–H and O–H groups in total. The molecule has 3 nitrogen and oxygen atoms in total. The Kier molecular flexibility index (Phi) is 4.47. The van der Waals surface area contributed by atoms with Gasteiger partial charge in [-0.25, -0.2) is 5.84 Å². The van der Waals surface area contributed by atoms with Crippen LogP contribution in [0.25, 0.3) is 0 Å². The third-order valence-corrected chi connectivity index (χ3v) is 2.26. The fraction of sp³-hybridized carbons (Fsp3) is 0.833. The Labute approximate surface area is 74.0 Å². The van der Waals surface area contributed by atoms with Crippen LogP contribution < -0.4 is 11.3 Å². The van der Waals surface area contributed by atoms with Crippen molar-refractivity contribution in [2.75, 3.05) is 5.75 Å². The number of nitrogens with two attached hydrogens (primary N) is 1. The molecular weight excluding hydrogens is 186 g/mol. The Balaban J connectivity index is 3.95. The minimum absolute atomic E-state index is 0.0708. The summed E-state index contributed by atoms with van der Waals surface area (Å²) < 4.78 is 25.3. The molecule has 0 unspecified atom stereocenters. The molecule has 0 atom stereocenters. The van der Waals surface area contributed by atoms with Gasteiger partial charge < -0.3 is 0 Å². The van der Waals surface area contributed by atoms with Crippen molar-refractivity contribution in [2.45, 2.75) is 25.0 Å². The standard InChI is InChI=1S/C6H12F2N2OS/c1-4(2)12-3-6(7,8)5(11)10-9/h4H,3,9H2,1-2H3,(H,10,11). The predicted octanol–water partition coefficient (Wildman–Crippen LogP) is 0.753. The Morgan fingerprint density at radius 2 is 2.17 bits per heavy atom. The number of rotatable bonds is 4. The highest BCUT2D eigenvalue weighted by Gasteiger charge is 2.38. The maximum atomic E-state index is 12.7. The summed E-state index contributed by atoms with van der Waals surface area (Å²) in [5.74, 6) is -0.764. The lowest BCUT2D eigenvalue weighted by molar-refractivity contribution is -0.142. The smallest absolute Gasteiger partial charge is 0.289 e. The van der Waals surface area contributed by atoms with Gasteiger partial charge in [0.05, 0.1) is 5.75 Å². The number of hydrogen-bond acceptors (Lipinski definition) is 3. The van der Waals surface area contributed by atoms with E-state index < -0.39 is 17.6 Å². The van der Waals surface area contributed by atoms with Gasteiger partial charge in [0.25, 0.3) is 0 Å². The van der Waals surface area contributed by atoms with Crippen LogP contribution in [0.5, 0.6) is 0 Å². The molecule has 0 aliphatic rings. The quantitative estimate of drug-likeness (QED) is 0.398. The van der Waals surface area contributed by atoms with Gasteiger partial charge in [-0.15, -0.1) is 0 Å². The summed E-state index contributed by atoms with van der Waals surface area (Å²) in [6.45, 7) is 3.56. The number of amides is 1. The number of hydrazine groups is 1. The summed E-state index contributed by atoms with van der Waals surface area (Å²) in [7, 11) is 0. The summed E-state index contributed by atoms with van der Waals surface area (Å²) in [4.78, 5) is 10.4. The number of carbonyl (C=O) groups is 1. The SMILES string of the molecule is CC(C)SCC(F)(F)C(=O)NN. The zero-order valence-electron chi connectivity index (χ0n) is 6.93. The predicted molar refractivity (Wildman–Crippen MR) is 44.9 cm³/mol. The zero-order chi connectivity index (χ0) is 9.78. The lowest BCUT2D eigenvalue weighted by atomic mass is 10.4. The molecule has 0 bridgehead atoms. The first-order valence-corrected chi connectivity index (χ1v) is 4.45. The van der Waals surface area contributed by atoms with Gasteiger partial charge in [0.1, 0.15) is 0 Å². The fourth-order valence-electron chi connectivity index (χ4n) is 0.442. The molecule has 72 valence electrons. The van der Waals surface area contributed by atoms with Crippen LogP contribution in [0.2, 0.25) is 0 Å².